The van der Waals surface area contributed by atoms with E-state index >= 15 is 0 Å². The van der Waals surface area contributed by atoms with Crippen molar-refractivity contribution >= 4 is 37.0 Å². The second kappa shape index (κ2) is 9.14. The molecular weight excluding hydrogens is 527 g/mol. The van der Waals surface area contributed by atoms with Crippen LogP contribution in [-0.4, -0.2) is 69.5 Å². The molecule has 9 nitrogen and oxygen atoms in total. The van der Waals surface area contributed by atoms with Gasteiger partial charge in [0.05, 0.1) is 22.4 Å². The zero-order valence-corrected chi connectivity index (χ0v) is 21.4. The molecule has 0 amide bonds. The first kappa shape index (κ1) is 23.6. The third kappa shape index (κ3) is 4.95. The second-order valence-corrected chi connectivity index (χ2v) is 11.9. The minimum atomic E-state index is -3.26. The normalized spacial score (nSPS) is 20.2. The molecule has 2 fully saturated rings. The van der Waals surface area contributed by atoms with E-state index in [4.69, 9.17) is 4.74 Å². The van der Waals surface area contributed by atoms with Crippen LogP contribution in [0.5, 0.6) is 11.6 Å². The van der Waals surface area contributed by atoms with Crippen LogP contribution in [0.1, 0.15) is 25.3 Å². The molecule has 0 spiro atoms. The highest BCUT2D eigenvalue weighted by atomic mass is 79.9. The van der Waals surface area contributed by atoms with Gasteiger partial charge in [-0.2, -0.15) is 4.31 Å². The number of sulfonamides is 1. The summed E-state index contributed by atoms with van der Waals surface area (Å²) in [4.78, 5) is 6.27. The number of ether oxygens (including phenoxy) is 1. The largest absolute Gasteiger partial charge is 0.437 e. The maximum atomic E-state index is 14.1. The second-order valence-electron chi connectivity index (χ2n) is 9.14. The third-order valence-electron chi connectivity index (χ3n) is 6.29. The standard InChI is InChI=1S/C22H26BrFN6O3S/c1-14-11-28(7-8-30(14)34(2,31)32)13-16-9-17(24)10-25-22(16)33-19-6-5-18-21(20(19)23)26-27-29(18)12-15-3-4-15/h5-6,9-10,14-15H,3-4,7-8,11-13H2,1-2H3/t14-/m0/s1. The van der Waals surface area contributed by atoms with E-state index in [-0.39, 0.29) is 6.04 Å². The molecule has 34 heavy (non-hydrogen) atoms. The molecule has 2 aromatic heterocycles. The molecule has 1 atom stereocenters. The minimum Gasteiger partial charge on any atom is -0.437 e. The summed E-state index contributed by atoms with van der Waals surface area (Å²) in [6.07, 6.45) is 4.80. The molecule has 1 saturated carbocycles. The number of hydrogen-bond donors (Lipinski definition) is 0. The Morgan fingerprint density at radius 2 is 2.06 bits per heavy atom. The Hall–Kier alpha value is -2.15. The summed E-state index contributed by atoms with van der Waals surface area (Å²) >= 11 is 3.59. The average Bonchev–Trinajstić information content (AvgIpc) is 3.49. The quantitative estimate of drug-likeness (QED) is 0.443. The van der Waals surface area contributed by atoms with Crippen molar-refractivity contribution in [3.05, 3.63) is 40.2 Å². The molecule has 0 radical (unpaired) electrons. The van der Waals surface area contributed by atoms with Crippen LogP contribution < -0.4 is 4.74 Å². The predicted molar refractivity (Wildman–Crippen MR) is 129 cm³/mol. The van der Waals surface area contributed by atoms with Crippen LogP contribution >= 0.6 is 15.9 Å². The minimum absolute atomic E-state index is 0.176. The fraction of sp³-hybridized carbons (Fsp3) is 0.500. The summed E-state index contributed by atoms with van der Waals surface area (Å²) in [6, 6.07) is 4.99. The Morgan fingerprint density at radius 1 is 1.26 bits per heavy atom. The average molecular weight is 553 g/mol. The molecule has 1 saturated heterocycles. The molecule has 5 rings (SSSR count). The molecule has 0 bridgehead atoms. The van der Waals surface area contributed by atoms with Crippen molar-refractivity contribution in [2.45, 2.75) is 38.9 Å². The molecule has 182 valence electrons. The number of halogens is 2. The van der Waals surface area contributed by atoms with Crippen LogP contribution in [0, 0.1) is 11.7 Å². The molecule has 0 N–H and O–H groups in total. The number of nitrogens with zero attached hydrogens (tertiary/aromatic N) is 6. The van der Waals surface area contributed by atoms with Gasteiger partial charge in [0.1, 0.15) is 17.1 Å². The molecular formula is C22H26BrFN6O3S. The molecule has 1 aromatic carbocycles. The van der Waals surface area contributed by atoms with E-state index in [2.05, 4.69) is 36.1 Å². The lowest BCUT2D eigenvalue weighted by molar-refractivity contribution is 0.137. The van der Waals surface area contributed by atoms with Gasteiger partial charge in [0, 0.05) is 44.3 Å². The van der Waals surface area contributed by atoms with Gasteiger partial charge in [-0.15, -0.1) is 5.10 Å². The van der Waals surface area contributed by atoms with Crippen molar-refractivity contribution in [2.75, 3.05) is 25.9 Å². The van der Waals surface area contributed by atoms with Crippen LogP contribution in [-0.2, 0) is 23.1 Å². The first-order chi connectivity index (χ1) is 16.2. The van der Waals surface area contributed by atoms with Crippen molar-refractivity contribution in [1.82, 2.24) is 29.2 Å². The summed E-state index contributed by atoms with van der Waals surface area (Å²) in [5.41, 5.74) is 2.22. The third-order valence-corrected chi connectivity index (χ3v) is 8.45. The van der Waals surface area contributed by atoms with E-state index < -0.39 is 15.8 Å². The van der Waals surface area contributed by atoms with E-state index in [0.29, 0.717) is 59.3 Å². The van der Waals surface area contributed by atoms with Crippen molar-refractivity contribution in [3.63, 3.8) is 0 Å². The maximum absolute atomic E-state index is 14.1. The lowest BCUT2D eigenvalue weighted by Gasteiger charge is -2.38. The first-order valence-corrected chi connectivity index (χ1v) is 13.9. The van der Waals surface area contributed by atoms with Crippen molar-refractivity contribution in [2.24, 2.45) is 5.92 Å². The Bertz CT molecular complexity index is 1330. The summed E-state index contributed by atoms with van der Waals surface area (Å²) in [6.45, 7) is 4.57. The van der Waals surface area contributed by atoms with Crippen LogP contribution in [0.3, 0.4) is 0 Å². The topological polar surface area (TPSA) is 93.4 Å². The number of benzene rings is 1. The van der Waals surface area contributed by atoms with Gasteiger partial charge < -0.3 is 4.74 Å². The van der Waals surface area contributed by atoms with Gasteiger partial charge in [0.2, 0.25) is 15.9 Å². The molecule has 1 aliphatic carbocycles. The lowest BCUT2D eigenvalue weighted by Crippen LogP contribution is -2.53. The fourth-order valence-corrected chi connectivity index (χ4v) is 6.05. The molecule has 3 heterocycles. The number of hydrogen-bond acceptors (Lipinski definition) is 7. The zero-order chi connectivity index (χ0) is 24.0. The number of pyridine rings is 1. The highest BCUT2D eigenvalue weighted by Gasteiger charge is 2.30. The molecule has 1 aliphatic heterocycles. The van der Waals surface area contributed by atoms with Gasteiger partial charge in [-0.05, 0) is 59.8 Å². The highest BCUT2D eigenvalue weighted by molar-refractivity contribution is 9.10. The Morgan fingerprint density at radius 3 is 2.76 bits per heavy atom. The maximum Gasteiger partial charge on any atom is 0.223 e. The summed E-state index contributed by atoms with van der Waals surface area (Å²) in [5.74, 6) is 1.03. The molecule has 0 unspecified atom stereocenters. The predicted octanol–water partition coefficient (Wildman–Crippen LogP) is 3.40. The zero-order valence-electron chi connectivity index (χ0n) is 19.0. The Labute approximate surface area is 206 Å². The van der Waals surface area contributed by atoms with Crippen molar-refractivity contribution < 1.29 is 17.5 Å². The SMILES string of the molecule is C[C@H]1CN(Cc2cc(F)cnc2Oc2ccc3c(nnn3CC3CC3)c2Br)CCN1S(C)(=O)=O. The van der Waals surface area contributed by atoms with E-state index in [0.717, 1.165) is 18.3 Å². The molecule has 12 heteroatoms. The monoisotopic (exact) mass is 552 g/mol. The smallest absolute Gasteiger partial charge is 0.223 e. The van der Waals surface area contributed by atoms with Crippen LogP contribution in [0.2, 0.25) is 0 Å². The van der Waals surface area contributed by atoms with E-state index in [1.165, 1.54) is 29.5 Å². The van der Waals surface area contributed by atoms with E-state index in [1.807, 2.05) is 23.7 Å². The number of piperazine rings is 1. The summed E-state index contributed by atoms with van der Waals surface area (Å²) < 4.78 is 48.2. The molecule has 3 aromatic rings. The van der Waals surface area contributed by atoms with Gasteiger partial charge in [0.25, 0.3) is 0 Å². The van der Waals surface area contributed by atoms with E-state index in [1.54, 1.807) is 0 Å². The van der Waals surface area contributed by atoms with Crippen LogP contribution in [0.4, 0.5) is 4.39 Å². The van der Waals surface area contributed by atoms with E-state index in [9.17, 15) is 12.8 Å². The van der Waals surface area contributed by atoms with Crippen LogP contribution in [0.25, 0.3) is 11.0 Å². The summed E-state index contributed by atoms with van der Waals surface area (Å²) in [7, 11) is -3.26. The van der Waals surface area contributed by atoms with Crippen molar-refractivity contribution in [1.29, 1.82) is 0 Å². The first-order valence-electron chi connectivity index (χ1n) is 11.2. The van der Waals surface area contributed by atoms with Crippen LogP contribution in [0.15, 0.2) is 28.9 Å². The fourth-order valence-electron chi connectivity index (χ4n) is 4.42. The number of aromatic nitrogens is 4. The summed E-state index contributed by atoms with van der Waals surface area (Å²) in [5, 5.41) is 8.59. The Kier molecular flexibility index (Phi) is 6.34. The van der Waals surface area contributed by atoms with Gasteiger partial charge in [-0.25, -0.2) is 22.5 Å². The number of fused-ring (bicyclic) bond motifs is 1. The van der Waals surface area contributed by atoms with Gasteiger partial charge in [-0.3, -0.25) is 4.90 Å². The van der Waals surface area contributed by atoms with Crippen molar-refractivity contribution in [3.8, 4) is 11.6 Å². The van der Waals surface area contributed by atoms with Gasteiger partial charge in [-0.1, -0.05) is 5.21 Å². The number of rotatable bonds is 7. The Balaban J connectivity index is 1.36. The lowest BCUT2D eigenvalue weighted by atomic mass is 10.2. The van der Waals surface area contributed by atoms with Gasteiger partial charge in [0.15, 0.2) is 0 Å². The molecule has 2 aliphatic rings. The van der Waals surface area contributed by atoms with Gasteiger partial charge >= 0.3 is 0 Å². The highest BCUT2D eigenvalue weighted by Crippen LogP contribution is 2.37.